The van der Waals surface area contributed by atoms with Crippen molar-refractivity contribution in [3.8, 4) is 11.5 Å². The molecule has 35 heavy (non-hydrogen) atoms. The predicted octanol–water partition coefficient (Wildman–Crippen LogP) is 4.83. The molecule has 1 aromatic heterocycles. The molecule has 2 aliphatic carbocycles. The van der Waals surface area contributed by atoms with E-state index in [1.54, 1.807) is 20.5 Å². The third-order valence-corrected chi connectivity index (χ3v) is 7.46. The van der Waals surface area contributed by atoms with Crippen LogP contribution < -0.4 is 9.47 Å². The van der Waals surface area contributed by atoms with Gasteiger partial charge < -0.3 is 23.7 Å². The molecule has 0 N–H and O–H groups in total. The van der Waals surface area contributed by atoms with Crippen LogP contribution in [0.2, 0.25) is 0 Å². The minimum atomic E-state index is -0.0277. The number of methoxy groups -OCH3 is 2. The average molecular weight is 483 g/mol. The smallest absolute Gasteiger partial charge is 0.242 e. The molecule has 0 aliphatic heterocycles. The van der Waals surface area contributed by atoms with Crippen molar-refractivity contribution in [1.29, 1.82) is 0 Å². The van der Waals surface area contributed by atoms with Crippen LogP contribution >= 0.6 is 0 Å². The Morgan fingerprint density at radius 2 is 1.74 bits per heavy atom. The summed E-state index contributed by atoms with van der Waals surface area (Å²) in [6.45, 7) is 1.05. The van der Waals surface area contributed by atoms with Crippen molar-refractivity contribution in [2.45, 2.75) is 70.4 Å². The summed E-state index contributed by atoms with van der Waals surface area (Å²) in [7, 11) is 3.23. The molecule has 0 radical (unpaired) electrons. The number of furan rings is 1. The average Bonchev–Trinajstić information content (AvgIpc) is 3.37. The highest BCUT2D eigenvalue weighted by Crippen LogP contribution is 2.32. The summed E-state index contributed by atoms with van der Waals surface area (Å²) in [5.41, 5.74) is 1.05. The Hall–Kier alpha value is -2.96. The predicted molar refractivity (Wildman–Crippen MR) is 133 cm³/mol. The zero-order valence-electron chi connectivity index (χ0n) is 21.0. The van der Waals surface area contributed by atoms with Crippen molar-refractivity contribution in [3.05, 3.63) is 47.9 Å². The van der Waals surface area contributed by atoms with Gasteiger partial charge in [0.2, 0.25) is 11.8 Å². The Balaban J connectivity index is 1.48. The second-order valence-corrected chi connectivity index (χ2v) is 9.72. The molecule has 2 fully saturated rings. The van der Waals surface area contributed by atoms with E-state index in [9.17, 15) is 9.59 Å². The lowest BCUT2D eigenvalue weighted by molar-refractivity contribution is -0.148. The van der Waals surface area contributed by atoms with Crippen LogP contribution in [0.4, 0.5) is 0 Å². The zero-order chi connectivity index (χ0) is 24.6. The molecule has 190 valence electrons. The summed E-state index contributed by atoms with van der Waals surface area (Å²) in [5, 5.41) is 0. The molecule has 7 heteroatoms. The lowest BCUT2D eigenvalue weighted by Gasteiger charge is -2.39. The summed E-state index contributed by atoms with van der Waals surface area (Å²) < 4.78 is 16.3. The molecule has 2 saturated carbocycles. The van der Waals surface area contributed by atoms with E-state index < -0.39 is 0 Å². The Labute approximate surface area is 208 Å². The summed E-state index contributed by atoms with van der Waals surface area (Å²) in [4.78, 5) is 30.7. The fourth-order valence-corrected chi connectivity index (χ4v) is 5.10. The summed E-state index contributed by atoms with van der Waals surface area (Å²) in [5.74, 6) is 2.32. The Kier molecular flexibility index (Phi) is 8.72. The van der Waals surface area contributed by atoms with E-state index in [0.717, 1.165) is 56.3 Å². The highest BCUT2D eigenvalue weighted by molar-refractivity contribution is 5.86. The van der Waals surface area contributed by atoms with Crippen LogP contribution in [0.1, 0.15) is 62.7 Å². The zero-order valence-corrected chi connectivity index (χ0v) is 21.0. The minimum absolute atomic E-state index is 0.0277. The fourth-order valence-electron chi connectivity index (χ4n) is 5.10. The number of amides is 2. The van der Waals surface area contributed by atoms with Gasteiger partial charge in [-0.25, -0.2) is 0 Å². The number of ether oxygens (including phenoxy) is 2. The summed E-state index contributed by atoms with van der Waals surface area (Å²) in [6, 6.07) is 9.72. The molecule has 0 bridgehead atoms. The number of hydrogen-bond donors (Lipinski definition) is 0. The number of benzene rings is 1. The Morgan fingerprint density at radius 1 is 0.971 bits per heavy atom. The van der Waals surface area contributed by atoms with E-state index in [0.29, 0.717) is 31.0 Å². The van der Waals surface area contributed by atoms with E-state index in [4.69, 9.17) is 13.9 Å². The largest absolute Gasteiger partial charge is 0.493 e. The van der Waals surface area contributed by atoms with Gasteiger partial charge in [0, 0.05) is 18.5 Å². The van der Waals surface area contributed by atoms with Crippen LogP contribution in [0.3, 0.4) is 0 Å². The standard InChI is InChI=1S/C28H38N2O5/c1-33-25-14-13-21(18-26(25)34-2)15-16-29(19-24-12-7-17-35-24)27(31)20-30(23-10-4-3-5-11-23)28(32)22-8-6-9-22/h7,12-14,17-18,22-23H,3-6,8-11,15-16,19-20H2,1-2H3. The van der Waals surface area contributed by atoms with E-state index in [1.807, 2.05) is 40.1 Å². The maximum Gasteiger partial charge on any atom is 0.242 e. The molecular weight excluding hydrogens is 444 g/mol. The van der Waals surface area contributed by atoms with Gasteiger partial charge in [-0.15, -0.1) is 0 Å². The second kappa shape index (κ2) is 12.1. The Bertz CT molecular complexity index is 964. The number of hydrogen-bond acceptors (Lipinski definition) is 5. The lowest BCUT2D eigenvalue weighted by atomic mass is 9.83. The molecule has 7 nitrogen and oxygen atoms in total. The first-order valence-electron chi connectivity index (χ1n) is 12.9. The number of carbonyl (C=O) groups excluding carboxylic acids is 2. The summed E-state index contributed by atoms with van der Waals surface area (Å²) in [6.07, 6.45) is 10.8. The van der Waals surface area contributed by atoms with Crippen LogP contribution in [0.15, 0.2) is 41.0 Å². The first-order chi connectivity index (χ1) is 17.1. The maximum absolute atomic E-state index is 13.6. The van der Waals surface area contributed by atoms with Gasteiger partial charge in [-0.1, -0.05) is 31.7 Å². The topological polar surface area (TPSA) is 72.2 Å². The van der Waals surface area contributed by atoms with Crippen molar-refractivity contribution >= 4 is 11.8 Å². The van der Waals surface area contributed by atoms with Crippen LogP contribution in [0.25, 0.3) is 0 Å². The molecule has 0 atom stereocenters. The first kappa shape index (κ1) is 25.1. The molecule has 2 aliphatic rings. The number of nitrogens with zero attached hydrogens (tertiary/aromatic N) is 2. The van der Waals surface area contributed by atoms with Gasteiger partial charge in [0.15, 0.2) is 11.5 Å². The third kappa shape index (κ3) is 6.38. The lowest BCUT2D eigenvalue weighted by Crippen LogP contribution is -2.51. The highest BCUT2D eigenvalue weighted by Gasteiger charge is 2.35. The number of rotatable bonds is 11. The van der Waals surface area contributed by atoms with Gasteiger partial charge in [0.1, 0.15) is 12.3 Å². The third-order valence-electron chi connectivity index (χ3n) is 7.46. The number of carbonyl (C=O) groups is 2. The molecule has 0 unspecified atom stereocenters. The van der Waals surface area contributed by atoms with Gasteiger partial charge in [-0.2, -0.15) is 0 Å². The van der Waals surface area contributed by atoms with Crippen LogP contribution in [-0.2, 0) is 22.6 Å². The molecule has 0 spiro atoms. The van der Waals surface area contributed by atoms with Crippen LogP contribution in [0.5, 0.6) is 11.5 Å². The Morgan fingerprint density at radius 3 is 2.37 bits per heavy atom. The van der Waals surface area contributed by atoms with Crippen molar-refractivity contribution in [3.63, 3.8) is 0 Å². The van der Waals surface area contributed by atoms with Gasteiger partial charge >= 0.3 is 0 Å². The second-order valence-electron chi connectivity index (χ2n) is 9.72. The van der Waals surface area contributed by atoms with E-state index >= 15 is 0 Å². The van der Waals surface area contributed by atoms with E-state index in [2.05, 4.69) is 0 Å². The maximum atomic E-state index is 13.6. The highest BCUT2D eigenvalue weighted by atomic mass is 16.5. The van der Waals surface area contributed by atoms with Crippen LogP contribution in [-0.4, -0.2) is 55.0 Å². The van der Waals surface area contributed by atoms with Crippen molar-refractivity contribution in [2.75, 3.05) is 27.3 Å². The molecular formula is C28H38N2O5. The van der Waals surface area contributed by atoms with Crippen molar-refractivity contribution < 1.29 is 23.5 Å². The van der Waals surface area contributed by atoms with Crippen molar-refractivity contribution in [1.82, 2.24) is 9.80 Å². The summed E-state index contributed by atoms with van der Waals surface area (Å²) >= 11 is 0. The minimum Gasteiger partial charge on any atom is -0.493 e. The van der Waals surface area contributed by atoms with Crippen LogP contribution in [0, 0.1) is 5.92 Å². The quantitative estimate of drug-likeness (QED) is 0.459. The molecule has 1 aromatic carbocycles. The van der Waals surface area contributed by atoms with Gasteiger partial charge in [0.05, 0.1) is 27.0 Å². The van der Waals surface area contributed by atoms with E-state index in [1.165, 1.54) is 6.42 Å². The molecule has 0 saturated heterocycles. The van der Waals surface area contributed by atoms with Gasteiger partial charge in [-0.05, 0) is 61.9 Å². The SMILES string of the molecule is COc1ccc(CCN(Cc2ccco2)C(=O)CN(C(=O)C2CCC2)C2CCCCC2)cc1OC. The molecule has 2 amide bonds. The fraction of sp³-hybridized carbons (Fsp3) is 0.571. The normalized spacial score (nSPS) is 16.4. The first-order valence-corrected chi connectivity index (χ1v) is 12.9. The van der Waals surface area contributed by atoms with Gasteiger partial charge in [-0.3, -0.25) is 9.59 Å². The molecule has 2 aromatic rings. The van der Waals surface area contributed by atoms with Gasteiger partial charge in [0.25, 0.3) is 0 Å². The monoisotopic (exact) mass is 482 g/mol. The molecule has 1 heterocycles. The molecule has 4 rings (SSSR count). The van der Waals surface area contributed by atoms with E-state index in [-0.39, 0.29) is 30.3 Å². The van der Waals surface area contributed by atoms with Crippen molar-refractivity contribution in [2.24, 2.45) is 5.92 Å².